The van der Waals surface area contributed by atoms with E-state index < -0.39 is 0 Å². The molecule has 0 bridgehead atoms. The van der Waals surface area contributed by atoms with Gasteiger partial charge in [-0.1, -0.05) is 0 Å². The Bertz CT molecular complexity index is 394. The van der Waals surface area contributed by atoms with E-state index in [2.05, 4.69) is 32.8 Å². The van der Waals surface area contributed by atoms with Gasteiger partial charge in [0.15, 0.2) is 5.65 Å². The number of imidazole rings is 1. The highest BCUT2D eigenvalue weighted by Crippen LogP contribution is 2.18. The average Bonchev–Trinajstić information content (AvgIpc) is 2.34. The molecule has 2 N–H and O–H groups in total. The van der Waals surface area contributed by atoms with Crippen molar-refractivity contribution in [2.75, 3.05) is 5.73 Å². The minimum Gasteiger partial charge on any atom is -0.397 e. The predicted octanol–water partition coefficient (Wildman–Crippen LogP) is 1.21. The van der Waals surface area contributed by atoms with Crippen molar-refractivity contribution < 1.29 is 0 Å². The molecule has 0 aliphatic carbocycles. The lowest BCUT2D eigenvalue weighted by atomic mass is 10.4. The molecule has 56 valence electrons. The van der Waals surface area contributed by atoms with E-state index in [4.69, 9.17) is 5.73 Å². The quantitative estimate of drug-likeness (QED) is 0.724. The van der Waals surface area contributed by atoms with Crippen molar-refractivity contribution in [1.82, 2.24) is 12.7 Å². The number of hydrogen-bond donors (Lipinski definition) is 1. The SMILES string of the molecule is Nc1ccnc2ncn(I)c12. The fraction of sp³-hybridized carbons (Fsp3) is 0. The molecule has 0 fully saturated rings. The van der Waals surface area contributed by atoms with Gasteiger partial charge in [-0.2, -0.15) is 0 Å². The number of fused-ring (bicyclic) bond motifs is 1. The molecule has 0 radical (unpaired) electrons. The number of nitrogens with zero attached hydrogens (tertiary/aromatic N) is 3. The first-order chi connectivity index (χ1) is 5.29. The Morgan fingerprint density at radius 1 is 1.45 bits per heavy atom. The summed E-state index contributed by atoms with van der Waals surface area (Å²) < 4.78 is 1.83. The van der Waals surface area contributed by atoms with Gasteiger partial charge >= 0.3 is 0 Å². The molecule has 2 aromatic heterocycles. The van der Waals surface area contributed by atoms with Crippen LogP contribution in [0.4, 0.5) is 5.69 Å². The van der Waals surface area contributed by atoms with Crippen LogP contribution in [0.2, 0.25) is 0 Å². The van der Waals surface area contributed by atoms with E-state index in [0.29, 0.717) is 11.3 Å². The summed E-state index contributed by atoms with van der Waals surface area (Å²) in [5, 5.41) is 0. The molecule has 2 aromatic rings. The number of rotatable bonds is 0. The smallest absolute Gasteiger partial charge is 0.180 e. The van der Waals surface area contributed by atoms with Gasteiger partial charge in [0.05, 0.1) is 28.6 Å². The zero-order valence-electron chi connectivity index (χ0n) is 5.53. The highest BCUT2D eigenvalue weighted by Gasteiger charge is 2.03. The van der Waals surface area contributed by atoms with Crippen molar-refractivity contribution in [3.05, 3.63) is 18.6 Å². The topological polar surface area (TPSA) is 56.7 Å². The Morgan fingerprint density at radius 3 is 3.00 bits per heavy atom. The molecular weight excluding hydrogens is 255 g/mol. The van der Waals surface area contributed by atoms with Gasteiger partial charge in [-0.25, -0.2) is 9.97 Å². The summed E-state index contributed by atoms with van der Waals surface area (Å²) in [6, 6.07) is 1.76. The molecular formula is C6H5IN4. The molecule has 0 aliphatic rings. The minimum atomic E-state index is 0.694. The molecule has 0 aliphatic heterocycles. The van der Waals surface area contributed by atoms with Gasteiger partial charge in [0, 0.05) is 6.20 Å². The third kappa shape index (κ3) is 0.953. The predicted molar refractivity (Wildman–Crippen MR) is 51.4 cm³/mol. The average molecular weight is 260 g/mol. The van der Waals surface area contributed by atoms with Gasteiger partial charge in [0.25, 0.3) is 0 Å². The van der Waals surface area contributed by atoms with E-state index >= 15 is 0 Å². The van der Waals surface area contributed by atoms with E-state index in [-0.39, 0.29) is 0 Å². The fourth-order valence-electron chi connectivity index (χ4n) is 0.934. The second kappa shape index (κ2) is 2.33. The number of halogens is 1. The number of nitrogens with two attached hydrogens (primary N) is 1. The third-order valence-corrected chi connectivity index (χ3v) is 2.16. The first-order valence-corrected chi connectivity index (χ1v) is 3.99. The maximum absolute atomic E-state index is 5.70. The number of pyridine rings is 1. The lowest BCUT2D eigenvalue weighted by Crippen LogP contribution is -1.89. The van der Waals surface area contributed by atoms with Crippen LogP contribution in [0.25, 0.3) is 11.2 Å². The van der Waals surface area contributed by atoms with Crippen molar-refractivity contribution in [3.63, 3.8) is 0 Å². The molecule has 4 nitrogen and oxygen atoms in total. The zero-order valence-corrected chi connectivity index (χ0v) is 7.69. The molecule has 0 spiro atoms. The van der Waals surface area contributed by atoms with Crippen molar-refractivity contribution in [3.8, 4) is 0 Å². The lowest BCUT2D eigenvalue weighted by molar-refractivity contribution is 1.29. The molecule has 0 aromatic carbocycles. The van der Waals surface area contributed by atoms with Gasteiger partial charge < -0.3 is 5.73 Å². The molecule has 0 atom stereocenters. The van der Waals surface area contributed by atoms with Crippen LogP contribution in [-0.2, 0) is 0 Å². The highest BCUT2D eigenvalue weighted by atomic mass is 127. The summed E-state index contributed by atoms with van der Waals surface area (Å²) in [6.07, 6.45) is 3.34. The Morgan fingerprint density at radius 2 is 2.27 bits per heavy atom. The van der Waals surface area contributed by atoms with Crippen LogP contribution in [0.15, 0.2) is 18.6 Å². The van der Waals surface area contributed by atoms with Gasteiger partial charge in [-0.05, 0) is 6.07 Å². The third-order valence-electron chi connectivity index (χ3n) is 1.43. The summed E-state index contributed by atoms with van der Waals surface area (Å²) in [5.74, 6) is 0. The van der Waals surface area contributed by atoms with Gasteiger partial charge in [0.1, 0.15) is 11.8 Å². The number of aromatic nitrogens is 3. The number of hydrogen-bond acceptors (Lipinski definition) is 3. The van der Waals surface area contributed by atoms with Gasteiger partial charge in [0.2, 0.25) is 0 Å². The number of nitrogen functional groups attached to an aromatic ring is 1. The normalized spacial score (nSPS) is 10.6. The van der Waals surface area contributed by atoms with E-state index in [9.17, 15) is 0 Å². The van der Waals surface area contributed by atoms with Crippen LogP contribution in [0, 0.1) is 0 Å². The summed E-state index contributed by atoms with van der Waals surface area (Å²) in [4.78, 5) is 8.09. The molecule has 5 heteroatoms. The van der Waals surface area contributed by atoms with E-state index in [0.717, 1.165) is 5.52 Å². The summed E-state index contributed by atoms with van der Waals surface area (Å²) in [5.41, 5.74) is 7.98. The van der Waals surface area contributed by atoms with Crippen LogP contribution < -0.4 is 5.73 Å². The maximum atomic E-state index is 5.70. The summed E-state index contributed by atoms with van der Waals surface area (Å²) in [6.45, 7) is 0. The van der Waals surface area contributed by atoms with Crippen LogP contribution in [0.5, 0.6) is 0 Å². The Balaban J connectivity index is 2.96. The first kappa shape index (κ1) is 6.84. The van der Waals surface area contributed by atoms with Crippen LogP contribution in [0.1, 0.15) is 0 Å². The van der Waals surface area contributed by atoms with Crippen molar-refractivity contribution in [1.29, 1.82) is 0 Å². The maximum Gasteiger partial charge on any atom is 0.180 e. The molecule has 0 saturated heterocycles. The zero-order chi connectivity index (χ0) is 7.84. The van der Waals surface area contributed by atoms with E-state index in [1.807, 2.05) is 2.78 Å². The van der Waals surface area contributed by atoms with Crippen molar-refractivity contribution >= 4 is 39.7 Å². The molecule has 0 amide bonds. The van der Waals surface area contributed by atoms with E-state index in [1.165, 1.54) is 0 Å². The Kier molecular flexibility index (Phi) is 1.45. The van der Waals surface area contributed by atoms with Crippen LogP contribution in [-0.4, -0.2) is 12.7 Å². The second-order valence-corrected chi connectivity index (χ2v) is 3.17. The molecule has 2 rings (SSSR count). The van der Waals surface area contributed by atoms with Gasteiger partial charge in [-0.3, -0.25) is 2.78 Å². The first-order valence-electron chi connectivity index (χ1n) is 3.03. The van der Waals surface area contributed by atoms with Crippen LogP contribution in [0.3, 0.4) is 0 Å². The van der Waals surface area contributed by atoms with Crippen molar-refractivity contribution in [2.24, 2.45) is 0 Å². The largest absolute Gasteiger partial charge is 0.397 e. The van der Waals surface area contributed by atoms with Gasteiger partial charge in [-0.15, -0.1) is 0 Å². The highest BCUT2D eigenvalue weighted by molar-refractivity contribution is 14.1. The summed E-state index contributed by atoms with van der Waals surface area (Å²) in [7, 11) is 0. The fourth-order valence-corrected chi connectivity index (χ4v) is 1.55. The Hall–Kier alpha value is -0.850. The number of anilines is 1. The van der Waals surface area contributed by atoms with Crippen LogP contribution >= 0.6 is 22.9 Å². The molecule has 0 unspecified atom stereocenters. The Labute approximate surface area is 76.9 Å². The monoisotopic (exact) mass is 260 g/mol. The molecule has 2 heterocycles. The molecule has 0 saturated carbocycles. The molecule has 11 heavy (non-hydrogen) atoms. The lowest BCUT2D eigenvalue weighted by Gasteiger charge is -1.94. The standard InChI is InChI=1S/C6H5IN4/c7-11-3-10-6-5(11)4(8)1-2-9-6/h1-3H,(H2,8,9). The van der Waals surface area contributed by atoms with Crippen molar-refractivity contribution in [2.45, 2.75) is 0 Å². The second-order valence-electron chi connectivity index (χ2n) is 2.13. The van der Waals surface area contributed by atoms with E-state index in [1.54, 1.807) is 18.6 Å². The summed E-state index contributed by atoms with van der Waals surface area (Å²) >= 11 is 2.11. The minimum absolute atomic E-state index is 0.694.